The molecule has 3 rings (SSSR count). The normalized spacial score (nSPS) is 49.7. The van der Waals surface area contributed by atoms with Gasteiger partial charge in [0.1, 0.15) is 0 Å². The van der Waals surface area contributed by atoms with E-state index < -0.39 is 0 Å². The van der Waals surface area contributed by atoms with E-state index in [1.54, 1.807) is 0 Å². The summed E-state index contributed by atoms with van der Waals surface area (Å²) in [4.78, 5) is 22.4. The van der Waals surface area contributed by atoms with E-state index in [4.69, 9.17) is 0 Å². The summed E-state index contributed by atoms with van der Waals surface area (Å²) in [5, 5.41) is 0. The van der Waals surface area contributed by atoms with Crippen molar-refractivity contribution in [2.24, 2.45) is 23.7 Å². The molecule has 64 valence electrons. The monoisotopic (exact) mass is 166 g/mol. The molecule has 0 aromatic heterocycles. The number of fused-ring (bicyclic) bond motifs is 5. The minimum absolute atomic E-state index is 0.0590. The number of esters is 2. The highest BCUT2D eigenvalue weighted by Crippen LogP contribution is 2.55. The van der Waals surface area contributed by atoms with Gasteiger partial charge in [0.05, 0.1) is 11.8 Å². The second-order valence-corrected chi connectivity index (χ2v) is 4.12. The Morgan fingerprint density at radius 2 is 1.50 bits per heavy atom. The van der Waals surface area contributed by atoms with Gasteiger partial charge in [-0.1, -0.05) is 0 Å². The van der Waals surface area contributed by atoms with Gasteiger partial charge in [-0.3, -0.25) is 9.59 Å². The van der Waals surface area contributed by atoms with E-state index in [2.05, 4.69) is 4.74 Å². The number of carbonyl (C=O) groups excluding carboxylic acids is 2. The molecule has 1 aliphatic heterocycles. The van der Waals surface area contributed by atoms with Gasteiger partial charge < -0.3 is 4.74 Å². The fourth-order valence-electron chi connectivity index (χ4n) is 3.20. The van der Waals surface area contributed by atoms with Gasteiger partial charge in [-0.05, 0) is 31.1 Å². The average Bonchev–Trinajstić information content (AvgIpc) is 2.64. The Bertz CT molecular complexity index is 245. The third kappa shape index (κ3) is 0.586. The first-order chi connectivity index (χ1) is 5.77. The minimum atomic E-state index is -0.253. The first kappa shape index (κ1) is 6.63. The molecule has 4 atom stereocenters. The van der Waals surface area contributed by atoms with E-state index in [-0.39, 0.29) is 23.8 Å². The van der Waals surface area contributed by atoms with E-state index in [0.29, 0.717) is 11.8 Å². The Hall–Kier alpha value is -0.860. The van der Waals surface area contributed by atoms with Gasteiger partial charge in [-0.25, -0.2) is 0 Å². The van der Waals surface area contributed by atoms with Crippen molar-refractivity contribution in [1.82, 2.24) is 0 Å². The van der Waals surface area contributed by atoms with Crippen LogP contribution in [-0.2, 0) is 14.3 Å². The van der Waals surface area contributed by atoms with E-state index in [0.717, 1.165) is 19.3 Å². The zero-order valence-electron chi connectivity index (χ0n) is 6.66. The maximum atomic E-state index is 11.2. The molecular weight excluding hydrogens is 156 g/mol. The van der Waals surface area contributed by atoms with Crippen molar-refractivity contribution in [2.75, 3.05) is 0 Å². The van der Waals surface area contributed by atoms with Crippen molar-refractivity contribution in [3.63, 3.8) is 0 Å². The number of cyclic esters (lactones) is 2. The highest BCUT2D eigenvalue weighted by Gasteiger charge is 2.59. The van der Waals surface area contributed by atoms with Crippen molar-refractivity contribution >= 4 is 11.9 Å². The maximum absolute atomic E-state index is 11.2. The van der Waals surface area contributed by atoms with E-state index in [9.17, 15) is 9.59 Å². The summed E-state index contributed by atoms with van der Waals surface area (Å²) in [7, 11) is 0. The van der Waals surface area contributed by atoms with Gasteiger partial charge in [0.25, 0.3) is 0 Å². The lowest BCUT2D eigenvalue weighted by molar-refractivity contribution is -0.154. The zero-order chi connectivity index (χ0) is 8.29. The molecule has 3 fully saturated rings. The van der Waals surface area contributed by atoms with Crippen molar-refractivity contribution in [1.29, 1.82) is 0 Å². The lowest BCUT2D eigenvalue weighted by atomic mass is 9.81. The molecule has 2 aliphatic carbocycles. The van der Waals surface area contributed by atoms with E-state index >= 15 is 0 Å². The van der Waals surface area contributed by atoms with Crippen LogP contribution in [0, 0.1) is 23.7 Å². The molecule has 2 bridgehead atoms. The van der Waals surface area contributed by atoms with Crippen LogP contribution in [0.1, 0.15) is 19.3 Å². The van der Waals surface area contributed by atoms with E-state index in [1.807, 2.05) is 0 Å². The van der Waals surface area contributed by atoms with Crippen LogP contribution in [-0.4, -0.2) is 11.9 Å². The first-order valence-electron chi connectivity index (χ1n) is 4.53. The third-order valence-electron chi connectivity index (χ3n) is 3.66. The molecule has 0 aromatic carbocycles. The molecule has 0 spiro atoms. The van der Waals surface area contributed by atoms with Gasteiger partial charge in [0, 0.05) is 0 Å². The topological polar surface area (TPSA) is 43.4 Å². The van der Waals surface area contributed by atoms with Crippen molar-refractivity contribution < 1.29 is 14.3 Å². The van der Waals surface area contributed by atoms with Crippen LogP contribution in [0.4, 0.5) is 0 Å². The van der Waals surface area contributed by atoms with E-state index in [1.165, 1.54) is 0 Å². The lowest BCUT2D eigenvalue weighted by Gasteiger charge is -2.17. The summed E-state index contributed by atoms with van der Waals surface area (Å²) in [6, 6.07) is 0. The summed E-state index contributed by atoms with van der Waals surface area (Å²) < 4.78 is 4.63. The van der Waals surface area contributed by atoms with Crippen LogP contribution >= 0.6 is 0 Å². The smallest absolute Gasteiger partial charge is 0.317 e. The molecule has 0 amide bonds. The summed E-state index contributed by atoms with van der Waals surface area (Å²) in [6.07, 6.45) is 3.32. The summed E-state index contributed by atoms with van der Waals surface area (Å²) in [5.74, 6) is 0.291. The molecule has 2 unspecified atom stereocenters. The third-order valence-corrected chi connectivity index (χ3v) is 3.66. The minimum Gasteiger partial charge on any atom is -0.393 e. The second kappa shape index (κ2) is 1.90. The predicted molar refractivity (Wildman–Crippen MR) is 38.9 cm³/mol. The Labute approximate surface area is 70.1 Å². The fourth-order valence-corrected chi connectivity index (χ4v) is 3.20. The zero-order valence-corrected chi connectivity index (χ0v) is 6.66. The van der Waals surface area contributed by atoms with Gasteiger partial charge in [0.15, 0.2) is 0 Å². The molecule has 3 nitrogen and oxygen atoms in total. The SMILES string of the molecule is O=C1OC(=O)[C@H]2C1C1CC[C@H]2C1. The largest absolute Gasteiger partial charge is 0.393 e. The summed E-state index contributed by atoms with van der Waals surface area (Å²) in [6.45, 7) is 0. The number of hydrogen-bond donors (Lipinski definition) is 0. The predicted octanol–water partition coefficient (Wildman–Crippen LogP) is 0.732. The van der Waals surface area contributed by atoms with Crippen LogP contribution in [0.5, 0.6) is 0 Å². The Kier molecular flexibility index (Phi) is 1.05. The summed E-state index contributed by atoms with van der Waals surface area (Å²) in [5.41, 5.74) is 0. The molecule has 3 aliphatic rings. The van der Waals surface area contributed by atoms with Gasteiger partial charge >= 0.3 is 11.9 Å². The second-order valence-electron chi connectivity index (χ2n) is 4.12. The molecule has 3 heteroatoms. The van der Waals surface area contributed by atoms with Gasteiger partial charge in [0.2, 0.25) is 0 Å². The molecule has 0 aromatic rings. The highest BCUT2D eigenvalue weighted by atomic mass is 16.6. The van der Waals surface area contributed by atoms with Crippen molar-refractivity contribution in [2.45, 2.75) is 19.3 Å². The van der Waals surface area contributed by atoms with Crippen molar-refractivity contribution in [3.8, 4) is 0 Å². The fraction of sp³-hybridized carbons (Fsp3) is 0.778. The lowest BCUT2D eigenvalue weighted by Crippen LogP contribution is -2.24. The number of rotatable bonds is 0. The molecule has 2 saturated carbocycles. The molecular formula is C9H10O3. The number of hydrogen-bond acceptors (Lipinski definition) is 3. The maximum Gasteiger partial charge on any atom is 0.317 e. The number of ether oxygens (including phenoxy) is 1. The standard InChI is InChI=1S/C9H10O3/c10-8-6-4-1-2-5(3-4)7(6)9(11)12-8/h4-7H,1-3H2/t4-,5?,6+,7?/m0/s1. The van der Waals surface area contributed by atoms with Crippen LogP contribution in [0.3, 0.4) is 0 Å². The van der Waals surface area contributed by atoms with Gasteiger partial charge in [-0.15, -0.1) is 0 Å². The molecule has 0 radical (unpaired) electrons. The summed E-state index contributed by atoms with van der Waals surface area (Å²) >= 11 is 0. The molecule has 1 saturated heterocycles. The average molecular weight is 166 g/mol. The van der Waals surface area contributed by atoms with Gasteiger partial charge in [-0.2, -0.15) is 0 Å². The Morgan fingerprint density at radius 3 is 2.00 bits per heavy atom. The Morgan fingerprint density at radius 1 is 1.00 bits per heavy atom. The van der Waals surface area contributed by atoms with Crippen LogP contribution < -0.4 is 0 Å². The van der Waals surface area contributed by atoms with Crippen LogP contribution in [0.2, 0.25) is 0 Å². The van der Waals surface area contributed by atoms with Crippen molar-refractivity contribution in [3.05, 3.63) is 0 Å². The quantitative estimate of drug-likeness (QED) is 0.393. The van der Waals surface area contributed by atoms with Crippen LogP contribution in [0.15, 0.2) is 0 Å². The molecule has 0 N–H and O–H groups in total. The van der Waals surface area contributed by atoms with Crippen LogP contribution in [0.25, 0.3) is 0 Å². The Balaban J connectivity index is 2.03. The number of carbonyl (C=O) groups is 2. The first-order valence-corrected chi connectivity index (χ1v) is 4.53. The highest BCUT2D eigenvalue weighted by molar-refractivity contribution is 5.97. The molecule has 12 heavy (non-hydrogen) atoms. The molecule has 1 heterocycles.